The molecule has 0 spiro atoms. The van der Waals surface area contributed by atoms with Crippen LogP contribution in [0.2, 0.25) is 0 Å². The van der Waals surface area contributed by atoms with Gasteiger partial charge >= 0.3 is 0 Å². The second kappa shape index (κ2) is 6.45. The molecule has 0 saturated heterocycles. The van der Waals surface area contributed by atoms with Crippen LogP contribution in [0.4, 0.5) is 17.1 Å². The van der Waals surface area contributed by atoms with E-state index in [2.05, 4.69) is 33.8 Å². The maximum atomic E-state index is 9.54. The molecular weight excluding hydrogens is 328 g/mol. The quantitative estimate of drug-likeness (QED) is 0.747. The monoisotopic (exact) mass is 346 g/mol. The van der Waals surface area contributed by atoms with Crippen LogP contribution in [-0.2, 0) is 6.42 Å². The summed E-state index contributed by atoms with van der Waals surface area (Å²) in [5.41, 5.74) is 5.25. The molecule has 4 rings (SSSR count). The first-order chi connectivity index (χ1) is 12.7. The van der Waals surface area contributed by atoms with Gasteiger partial charge in [0.15, 0.2) is 11.5 Å². The van der Waals surface area contributed by atoms with Gasteiger partial charge in [0.25, 0.3) is 0 Å². The molecule has 0 radical (unpaired) electrons. The molecule has 1 aromatic heterocycles. The number of hydrogen-bond donors (Lipinski definition) is 2. The van der Waals surface area contributed by atoms with Crippen LogP contribution < -0.4 is 20.1 Å². The summed E-state index contributed by atoms with van der Waals surface area (Å²) in [6.45, 7) is 0.956. The minimum absolute atomic E-state index is 0.471. The van der Waals surface area contributed by atoms with E-state index in [1.165, 1.54) is 5.56 Å². The van der Waals surface area contributed by atoms with Crippen molar-refractivity contribution in [3.05, 3.63) is 47.7 Å². The number of nitrogens with zero attached hydrogens (tertiary/aromatic N) is 2. The number of nitriles is 1. The molecule has 2 N–H and O–H groups in total. The zero-order valence-corrected chi connectivity index (χ0v) is 14.6. The van der Waals surface area contributed by atoms with Crippen LogP contribution in [0.1, 0.15) is 11.1 Å². The summed E-state index contributed by atoms with van der Waals surface area (Å²) >= 11 is 0. The average Bonchev–Trinajstić information content (AvgIpc) is 3.15. The Hall–Kier alpha value is -3.46. The lowest BCUT2D eigenvalue weighted by Gasteiger charge is -2.15. The summed E-state index contributed by atoms with van der Waals surface area (Å²) in [4.78, 5) is 4.39. The van der Waals surface area contributed by atoms with Crippen LogP contribution in [0.25, 0.3) is 10.9 Å². The molecule has 1 aliphatic heterocycles. The van der Waals surface area contributed by atoms with Crippen molar-refractivity contribution in [2.24, 2.45) is 0 Å². The molecule has 0 saturated carbocycles. The van der Waals surface area contributed by atoms with Crippen molar-refractivity contribution in [2.75, 3.05) is 31.4 Å². The van der Waals surface area contributed by atoms with Gasteiger partial charge in [0.05, 0.1) is 31.0 Å². The van der Waals surface area contributed by atoms with E-state index in [0.717, 1.165) is 35.2 Å². The maximum absolute atomic E-state index is 9.54. The molecule has 1 aliphatic rings. The Balaban J connectivity index is 1.85. The first kappa shape index (κ1) is 16.0. The second-order valence-corrected chi connectivity index (χ2v) is 6.06. The number of hydrogen-bond acceptors (Lipinski definition) is 6. The highest BCUT2D eigenvalue weighted by Gasteiger charge is 2.15. The van der Waals surface area contributed by atoms with E-state index >= 15 is 0 Å². The molecule has 0 unspecified atom stereocenters. The van der Waals surface area contributed by atoms with Crippen molar-refractivity contribution in [3.8, 4) is 17.6 Å². The Kier molecular flexibility index (Phi) is 3.98. The van der Waals surface area contributed by atoms with Gasteiger partial charge in [-0.1, -0.05) is 6.07 Å². The van der Waals surface area contributed by atoms with Gasteiger partial charge in [0.1, 0.15) is 6.07 Å². The number of ether oxygens (including phenoxy) is 2. The summed E-state index contributed by atoms with van der Waals surface area (Å²) in [5, 5.41) is 17.1. The van der Waals surface area contributed by atoms with E-state index in [0.29, 0.717) is 22.7 Å². The fraction of sp³-hybridized carbons (Fsp3) is 0.200. The summed E-state index contributed by atoms with van der Waals surface area (Å²) in [5.74, 6) is 1.19. The Morgan fingerprint density at radius 1 is 1.15 bits per heavy atom. The third-order valence-corrected chi connectivity index (χ3v) is 4.58. The van der Waals surface area contributed by atoms with Crippen molar-refractivity contribution >= 4 is 28.0 Å². The number of pyridine rings is 1. The molecule has 26 heavy (non-hydrogen) atoms. The molecule has 2 heterocycles. The van der Waals surface area contributed by atoms with Crippen molar-refractivity contribution in [1.82, 2.24) is 4.98 Å². The Bertz CT molecular complexity index is 1040. The van der Waals surface area contributed by atoms with Gasteiger partial charge in [-0.15, -0.1) is 0 Å². The summed E-state index contributed by atoms with van der Waals surface area (Å²) in [7, 11) is 3.18. The molecule has 2 aromatic carbocycles. The Morgan fingerprint density at radius 2 is 1.96 bits per heavy atom. The van der Waals surface area contributed by atoms with Crippen LogP contribution in [0, 0.1) is 11.3 Å². The van der Waals surface area contributed by atoms with Gasteiger partial charge in [0, 0.05) is 35.6 Å². The zero-order valence-electron chi connectivity index (χ0n) is 14.6. The largest absolute Gasteiger partial charge is 0.493 e. The molecule has 6 nitrogen and oxygen atoms in total. The van der Waals surface area contributed by atoms with Crippen LogP contribution in [0.3, 0.4) is 0 Å². The molecule has 130 valence electrons. The van der Waals surface area contributed by atoms with Crippen molar-refractivity contribution in [1.29, 1.82) is 5.26 Å². The average molecular weight is 346 g/mol. The summed E-state index contributed by atoms with van der Waals surface area (Å²) < 4.78 is 10.8. The predicted molar refractivity (Wildman–Crippen MR) is 101 cm³/mol. The molecule has 6 heteroatoms. The maximum Gasteiger partial charge on any atom is 0.162 e. The van der Waals surface area contributed by atoms with Crippen molar-refractivity contribution in [2.45, 2.75) is 6.42 Å². The zero-order chi connectivity index (χ0) is 18.1. The number of nitrogens with one attached hydrogen (secondary N) is 2. The normalized spacial score (nSPS) is 12.2. The number of aromatic nitrogens is 1. The fourth-order valence-electron chi connectivity index (χ4n) is 3.25. The van der Waals surface area contributed by atoms with E-state index < -0.39 is 0 Å². The standard InChI is InChI=1S/C20H18N4O2/c1-25-18-8-15-17(9-19(18)26-2)23-11-13(10-21)20(15)24-14-4-3-12-5-6-22-16(12)7-14/h3-4,7-9,11,22H,5-6H2,1-2H3,(H,23,24). The number of rotatable bonds is 4. The minimum atomic E-state index is 0.471. The van der Waals surface area contributed by atoms with Gasteiger partial charge in [-0.3, -0.25) is 4.98 Å². The highest BCUT2D eigenvalue weighted by molar-refractivity contribution is 5.97. The lowest BCUT2D eigenvalue weighted by Crippen LogP contribution is -1.99. The predicted octanol–water partition coefficient (Wildman–Crippen LogP) is 3.84. The summed E-state index contributed by atoms with van der Waals surface area (Å²) in [6, 6.07) is 12.1. The van der Waals surface area contributed by atoms with Crippen LogP contribution in [0.5, 0.6) is 11.5 Å². The van der Waals surface area contributed by atoms with Gasteiger partial charge < -0.3 is 20.1 Å². The van der Waals surface area contributed by atoms with E-state index in [-0.39, 0.29) is 0 Å². The fourth-order valence-corrected chi connectivity index (χ4v) is 3.25. The smallest absolute Gasteiger partial charge is 0.162 e. The molecule has 0 bridgehead atoms. The molecule has 0 amide bonds. The second-order valence-electron chi connectivity index (χ2n) is 6.06. The van der Waals surface area contributed by atoms with Crippen LogP contribution >= 0.6 is 0 Å². The van der Waals surface area contributed by atoms with E-state index in [1.807, 2.05) is 18.2 Å². The SMILES string of the molecule is COc1cc2ncc(C#N)c(Nc3ccc4c(c3)NCC4)c2cc1OC. The van der Waals surface area contributed by atoms with E-state index in [4.69, 9.17) is 9.47 Å². The highest BCUT2D eigenvalue weighted by Crippen LogP contribution is 2.37. The molecule has 0 atom stereocenters. The third kappa shape index (κ3) is 2.64. The van der Waals surface area contributed by atoms with Crippen molar-refractivity contribution in [3.63, 3.8) is 0 Å². The molecule has 0 fully saturated rings. The van der Waals surface area contributed by atoms with Crippen molar-refractivity contribution < 1.29 is 9.47 Å². The number of methoxy groups -OCH3 is 2. The summed E-state index contributed by atoms with van der Waals surface area (Å²) in [6.07, 6.45) is 2.61. The molecule has 0 aliphatic carbocycles. The first-order valence-corrected chi connectivity index (χ1v) is 8.32. The lowest BCUT2D eigenvalue weighted by atomic mass is 10.1. The Morgan fingerprint density at radius 3 is 2.73 bits per heavy atom. The van der Waals surface area contributed by atoms with Crippen LogP contribution in [0.15, 0.2) is 36.5 Å². The number of benzene rings is 2. The number of anilines is 3. The van der Waals surface area contributed by atoms with Gasteiger partial charge in [-0.2, -0.15) is 5.26 Å². The minimum Gasteiger partial charge on any atom is -0.493 e. The topological polar surface area (TPSA) is 79.2 Å². The van der Waals surface area contributed by atoms with E-state index in [9.17, 15) is 5.26 Å². The van der Waals surface area contributed by atoms with Crippen LogP contribution in [-0.4, -0.2) is 25.7 Å². The van der Waals surface area contributed by atoms with E-state index in [1.54, 1.807) is 20.4 Å². The van der Waals surface area contributed by atoms with Gasteiger partial charge in [0.2, 0.25) is 0 Å². The van der Waals surface area contributed by atoms with Gasteiger partial charge in [-0.05, 0) is 30.2 Å². The lowest BCUT2D eigenvalue weighted by molar-refractivity contribution is 0.356. The highest BCUT2D eigenvalue weighted by atomic mass is 16.5. The third-order valence-electron chi connectivity index (χ3n) is 4.58. The molecule has 3 aromatic rings. The molecular formula is C20H18N4O2. The number of fused-ring (bicyclic) bond motifs is 2. The first-order valence-electron chi connectivity index (χ1n) is 8.32. The van der Waals surface area contributed by atoms with Gasteiger partial charge in [-0.25, -0.2) is 0 Å². The Labute approximate surface area is 151 Å².